The van der Waals surface area contributed by atoms with Crippen molar-refractivity contribution in [1.82, 2.24) is 19.6 Å². The van der Waals surface area contributed by atoms with Crippen molar-refractivity contribution < 1.29 is 14.2 Å². The summed E-state index contributed by atoms with van der Waals surface area (Å²) in [5, 5.41) is 5.59. The lowest BCUT2D eigenvalue weighted by atomic mass is 10.1. The monoisotopic (exact) mass is 438 g/mol. The molecule has 0 saturated carbocycles. The lowest BCUT2D eigenvalue weighted by Crippen LogP contribution is -1.98. The van der Waals surface area contributed by atoms with Gasteiger partial charge in [-0.2, -0.15) is 0 Å². The normalized spacial score (nSPS) is 11.4. The van der Waals surface area contributed by atoms with Crippen LogP contribution in [0.5, 0.6) is 17.2 Å². The fourth-order valence-electron chi connectivity index (χ4n) is 3.82. The van der Waals surface area contributed by atoms with E-state index < -0.39 is 0 Å². The molecule has 7 nitrogen and oxygen atoms in total. The second-order valence-electron chi connectivity index (χ2n) is 7.33. The molecule has 0 fully saturated rings. The van der Waals surface area contributed by atoms with Gasteiger partial charge >= 0.3 is 0 Å². The topological polar surface area (TPSA) is 70.8 Å². The number of benzene rings is 2. The Kier molecular flexibility index (Phi) is 5.36. The number of rotatable bonds is 6. The molecular formula is C26H22N4O3. The molecule has 5 aromatic rings. The quantitative estimate of drug-likeness (QED) is 0.366. The van der Waals surface area contributed by atoms with Gasteiger partial charge in [0.25, 0.3) is 0 Å². The van der Waals surface area contributed by atoms with Gasteiger partial charge in [0, 0.05) is 11.8 Å². The third kappa shape index (κ3) is 3.74. The van der Waals surface area contributed by atoms with E-state index in [0.717, 1.165) is 33.5 Å². The van der Waals surface area contributed by atoms with E-state index in [1.807, 2.05) is 65.2 Å². The number of hydrogen-bond donors (Lipinski definition) is 0. The van der Waals surface area contributed by atoms with Crippen LogP contribution in [0, 0.1) is 0 Å². The second kappa shape index (κ2) is 8.63. The molecule has 0 bridgehead atoms. The van der Waals surface area contributed by atoms with Crippen LogP contribution in [0.25, 0.3) is 40.1 Å². The van der Waals surface area contributed by atoms with Gasteiger partial charge in [0.05, 0.1) is 38.1 Å². The summed E-state index contributed by atoms with van der Waals surface area (Å²) in [7, 11) is 4.79. The van der Waals surface area contributed by atoms with Crippen LogP contribution in [0.1, 0.15) is 11.3 Å². The van der Waals surface area contributed by atoms with Crippen molar-refractivity contribution in [3.8, 4) is 28.5 Å². The van der Waals surface area contributed by atoms with Crippen LogP contribution >= 0.6 is 0 Å². The predicted octanol–water partition coefficient (Wildman–Crippen LogP) is 5.14. The molecule has 0 atom stereocenters. The molecule has 0 saturated heterocycles. The van der Waals surface area contributed by atoms with Crippen molar-refractivity contribution >= 4 is 28.8 Å². The summed E-state index contributed by atoms with van der Waals surface area (Å²) in [6, 6.07) is 19.8. The molecule has 5 rings (SSSR count). The Morgan fingerprint density at radius 3 is 2.27 bits per heavy atom. The largest absolute Gasteiger partial charge is 0.493 e. The minimum atomic E-state index is 0.557. The molecule has 0 unspecified atom stereocenters. The SMILES string of the molecule is COc1cc(/C=C/c2cc(-c3ccccc3)n3nc4ncccc4c3n2)cc(OC)c1OC. The maximum atomic E-state index is 5.47. The number of fused-ring (bicyclic) bond motifs is 3. The van der Waals surface area contributed by atoms with E-state index in [1.54, 1.807) is 27.5 Å². The third-order valence-electron chi connectivity index (χ3n) is 5.37. The number of nitrogens with zero attached hydrogens (tertiary/aromatic N) is 4. The molecule has 0 spiro atoms. The fourth-order valence-corrected chi connectivity index (χ4v) is 3.82. The van der Waals surface area contributed by atoms with Gasteiger partial charge in [0.1, 0.15) is 0 Å². The average Bonchev–Trinajstić information content (AvgIpc) is 3.25. The van der Waals surface area contributed by atoms with E-state index in [2.05, 4.69) is 22.2 Å². The van der Waals surface area contributed by atoms with Crippen LogP contribution < -0.4 is 14.2 Å². The maximum absolute atomic E-state index is 5.47. The summed E-state index contributed by atoms with van der Waals surface area (Å²) < 4.78 is 18.2. The minimum Gasteiger partial charge on any atom is -0.493 e. The van der Waals surface area contributed by atoms with Crippen LogP contribution in [0.4, 0.5) is 0 Å². The predicted molar refractivity (Wildman–Crippen MR) is 129 cm³/mol. The van der Waals surface area contributed by atoms with Gasteiger partial charge in [0.2, 0.25) is 5.75 Å². The molecule has 0 aliphatic rings. The molecule has 3 heterocycles. The number of pyridine rings is 1. The van der Waals surface area contributed by atoms with Crippen LogP contribution in [-0.2, 0) is 0 Å². The summed E-state index contributed by atoms with van der Waals surface area (Å²) in [5.74, 6) is 1.75. The number of aromatic nitrogens is 4. The van der Waals surface area contributed by atoms with Gasteiger partial charge in [-0.25, -0.2) is 14.5 Å². The van der Waals surface area contributed by atoms with Gasteiger partial charge in [-0.1, -0.05) is 36.4 Å². The summed E-state index contributed by atoms with van der Waals surface area (Å²) in [4.78, 5) is 9.27. The van der Waals surface area contributed by atoms with E-state index >= 15 is 0 Å². The molecule has 0 radical (unpaired) electrons. The summed E-state index contributed by atoms with van der Waals surface area (Å²) in [6.45, 7) is 0. The Balaban J connectivity index is 1.66. The first-order valence-electron chi connectivity index (χ1n) is 10.4. The number of hydrogen-bond acceptors (Lipinski definition) is 6. The zero-order valence-electron chi connectivity index (χ0n) is 18.5. The van der Waals surface area contributed by atoms with Crippen molar-refractivity contribution in [1.29, 1.82) is 0 Å². The first kappa shape index (κ1) is 20.5. The third-order valence-corrected chi connectivity index (χ3v) is 5.37. The second-order valence-corrected chi connectivity index (χ2v) is 7.33. The highest BCUT2D eigenvalue weighted by molar-refractivity contribution is 5.91. The molecule has 7 heteroatoms. The molecule has 0 N–H and O–H groups in total. The van der Waals surface area contributed by atoms with Crippen molar-refractivity contribution in [2.24, 2.45) is 0 Å². The first-order valence-corrected chi connectivity index (χ1v) is 10.4. The van der Waals surface area contributed by atoms with Gasteiger partial charge < -0.3 is 14.2 Å². The van der Waals surface area contributed by atoms with E-state index in [4.69, 9.17) is 19.2 Å². The standard InChI is InChI=1S/C26H22N4O3/c1-31-22-14-17(15-23(32-2)24(22)33-3)11-12-19-16-21(18-8-5-4-6-9-18)30-26(28-19)20-10-7-13-27-25(20)29-30/h4-16H,1-3H3/b12-11+. The van der Waals surface area contributed by atoms with E-state index in [-0.39, 0.29) is 0 Å². The fraction of sp³-hybridized carbons (Fsp3) is 0.115. The minimum absolute atomic E-state index is 0.557. The summed E-state index contributed by atoms with van der Waals surface area (Å²) in [5.41, 5.74) is 5.08. The highest BCUT2D eigenvalue weighted by Gasteiger charge is 2.14. The van der Waals surface area contributed by atoms with Gasteiger partial charge in [-0.15, -0.1) is 5.10 Å². The van der Waals surface area contributed by atoms with Crippen molar-refractivity contribution in [3.63, 3.8) is 0 Å². The molecular weight excluding hydrogens is 416 g/mol. The highest BCUT2D eigenvalue weighted by atomic mass is 16.5. The molecule has 0 aliphatic heterocycles. The van der Waals surface area contributed by atoms with Gasteiger partial charge in [0.15, 0.2) is 22.8 Å². The Bertz CT molecular complexity index is 1450. The van der Waals surface area contributed by atoms with E-state index in [0.29, 0.717) is 22.9 Å². The summed E-state index contributed by atoms with van der Waals surface area (Å²) in [6.07, 6.45) is 5.67. The molecule has 2 aromatic carbocycles. The van der Waals surface area contributed by atoms with Crippen molar-refractivity contribution in [2.75, 3.05) is 21.3 Å². The van der Waals surface area contributed by atoms with Crippen LogP contribution in [-0.4, -0.2) is 40.9 Å². The van der Waals surface area contributed by atoms with Gasteiger partial charge in [-0.3, -0.25) is 0 Å². The maximum Gasteiger partial charge on any atom is 0.203 e. The smallest absolute Gasteiger partial charge is 0.203 e. The van der Waals surface area contributed by atoms with Crippen molar-refractivity contribution in [3.05, 3.63) is 78.1 Å². The van der Waals surface area contributed by atoms with E-state index in [1.165, 1.54) is 0 Å². The van der Waals surface area contributed by atoms with E-state index in [9.17, 15) is 0 Å². The zero-order valence-corrected chi connectivity index (χ0v) is 18.5. The number of methoxy groups -OCH3 is 3. The lowest BCUT2D eigenvalue weighted by molar-refractivity contribution is 0.324. The van der Waals surface area contributed by atoms with Crippen LogP contribution in [0.15, 0.2) is 66.9 Å². The van der Waals surface area contributed by atoms with Crippen LogP contribution in [0.2, 0.25) is 0 Å². The lowest BCUT2D eigenvalue weighted by Gasteiger charge is -2.12. The zero-order chi connectivity index (χ0) is 22.8. The Morgan fingerprint density at radius 1 is 0.818 bits per heavy atom. The number of ether oxygens (including phenoxy) is 3. The molecule has 3 aromatic heterocycles. The average molecular weight is 438 g/mol. The Morgan fingerprint density at radius 2 is 1.58 bits per heavy atom. The molecule has 0 amide bonds. The van der Waals surface area contributed by atoms with Crippen molar-refractivity contribution in [2.45, 2.75) is 0 Å². The molecule has 164 valence electrons. The highest BCUT2D eigenvalue weighted by Crippen LogP contribution is 2.38. The molecule has 33 heavy (non-hydrogen) atoms. The van der Waals surface area contributed by atoms with Gasteiger partial charge in [-0.05, 0) is 42.0 Å². The Hall–Kier alpha value is -4.39. The van der Waals surface area contributed by atoms with Crippen LogP contribution in [0.3, 0.4) is 0 Å². The molecule has 0 aliphatic carbocycles. The summed E-state index contributed by atoms with van der Waals surface area (Å²) >= 11 is 0. The Labute approximate surface area is 190 Å². The first-order chi connectivity index (χ1) is 16.2.